The van der Waals surface area contributed by atoms with E-state index in [4.69, 9.17) is 21.4 Å². The topological polar surface area (TPSA) is 42.4 Å². The van der Waals surface area contributed by atoms with Gasteiger partial charge in [-0.05, 0) is 5.56 Å². The molecule has 0 aliphatic heterocycles. The Kier molecular flexibility index (Phi) is 3.96. The molecule has 88 valence electrons. The van der Waals surface area contributed by atoms with Crippen molar-refractivity contribution >= 4 is 11.6 Å². The zero-order chi connectivity index (χ0) is 12.1. The second-order valence-electron chi connectivity index (χ2n) is 3.54. The lowest BCUT2D eigenvalue weighted by molar-refractivity contribution is 0.277. The highest BCUT2D eigenvalue weighted by atomic mass is 35.5. The predicted molar refractivity (Wildman–Crippen MR) is 65.9 cm³/mol. The van der Waals surface area contributed by atoms with E-state index in [0.29, 0.717) is 22.9 Å². The second-order valence-corrected chi connectivity index (χ2v) is 3.92. The smallest absolute Gasteiger partial charge is 0.157 e. The minimum atomic E-state index is -0.144. The minimum Gasteiger partial charge on any atom is -0.486 e. The van der Waals surface area contributed by atoms with Crippen molar-refractivity contribution < 1.29 is 9.84 Å². The summed E-state index contributed by atoms with van der Waals surface area (Å²) in [6.45, 7) is 0.283. The Morgan fingerprint density at radius 3 is 2.65 bits per heavy atom. The van der Waals surface area contributed by atoms with Gasteiger partial charge in [0.05, 0.1) is 17.8 Å². The van der Waals surface area contributed by atoms with Gasteiger partial charge in [-0.15, -0.1) is 0 Å². The third kappa shape index (κ3) is 2.96. The lowest BCUT2D eigenvalue weighted by atomic mass is 10.2. The zero-order valence-electron chi connectivity index (χ0n) is 9.14. The van der Waals surface area contributed by atoms with Gasteiger partial charge < -0.3 is 9.84 Å². The van der Waals surface area contributed by atoms with Crippen LogP contribution in [0, 0.1) is 0 Å². The lowest BCUT2D eigenvalue weighted by Crippen LogP contribution is -1.98. The van der Waals surface area contributed by atoms with E-state index in [-0.39, 0.29) is 6.61 Å². The van der Waals surface area contributed by atoms with Crippen molar-refractivity contribution in [1.82, 2.24) is 4.98 Å². The molecule has 0 spiro atoms. The average Bonchev–Trinajstić information content (AvgIpc) is 2.39. The van der Waals surface area contributed by atoms with Crippen LogP contribution in [0.15, 0.2) is 42.7 Å². The monoisotopic (exact) mass is 249 g/mol. The first kappa shape index (κ1) is 11.9. The van der Waals surface area contributed by atoms with Crippen molar-refractivity contribution in [3.8, 4) is 5.75 Å². The van der Waals surface area contributed by atoms with E-state index in [0.717, 1.165) is 5.56 Å². The third-order valence-corrected chi connectivity index (χ3v) is 2.76. The van der Waals surface area contributed by atoms with Crippen LogP contribution in [0.5, 0.6) is 5.75 Å². The van der Waals surface area contributed by atoms with Gasteiger partial charge in [0.15, 0.2) is 5.75 Å². The van der Waals surface area contributed by atoms with Gasteiger partial charge in [0, 0.05) is 11.8 Å². The highest BCUT2D eigenvalue weighted by molar-refractivity contribution is 6.32. The minimum absolute atomic E-state index is 0.144. The molecular weight excluding hydrogens is 238 g/mol. The van der Waals surface area contributed by atoms with Crippen LogP contribution >= 0.6 is 11.6 Å². The number of benzene rings is 1. The molecule has 1 aromatic carbocycles. The maximum atomic E-state index is 9.05. The van der Waals surface area contributed by atoms with Crippen molar-refractivity contribution in [3.05, 3.63) is 58.9 Å². The second kappa shape index (κ2) is 5.66. The van der Waals surface area contributed by atoms with Gasteiger partial charge in [0.2, 0.25) is 0 Å². The molecule has 0 atom stereocenters. The Morgan fingerprint density at radius 1 is 1.18 bits per heavy atom. The Labute approximate surface area is 105 Å². The van der Waals surface area contributed by atoms with Crippen LogP contribution in [0.2, 0.25) is 5.02 Å². The van der Waals surface area contributed by atoms with E-state index >= 15 is 0 Å². The maximum Gasteiger partial charge on any atom is 0.157 e. The van der Waals surface area contributed by atoms with Crippen LogP contribution in [-0.4, -0.2) is 10.1 Å². The van der Waals surface area contributed by atoms with Crippen molar-refractivity contribution in [2.24, 2.45) is 0 Å². The number of nitrogens with zero attached hydrogens (tertiary/aromatic N) is 1. The molecule has 3 nitrogen and oxygen atoms in total. The summed E-state index contributed by atoms with van der Waals surface area (Å²) in [4.78, 5) is 3.96. The van der Waals surface area contributed by atoms with E-state index in [2.05, 4.69) is 4.98 Å². The molecule has 17 heavy (non-hydrogen) atoms. The van der Waals surface area contributed by atoms with E-state index in [9.17, 15) is 0 Å². The summed E-state index contributed by atoms with van der Waals surface area (Å²) >= 11 is 6.05. The van der Waals surface area contributed by atoms with Crippen LogP contribution in [0.1, 0.15) is 11.1 Å². The Hall–Kier alpha value is -1.58. The van der Waals surface area contributed by atoms with Crippen molar-refractivity contribution in [2.45, 2.75) is 13.2 Å². The summed E-state index contributed by atoms with van der Waals surface area (Å²) in [6.07, 6.45) is 3.07. The van der Waals surface area contributed by atoms with Gasteiger partial charge >= 0.3 is 0 Å². The summed E-state index contributed by atoms with van der Waals surface area (Å²) in [5.41, 5.74) is 1.62. The van der Waals surface area contributed by atoms with E-state index in [1.54, 1.807) is 6.20 Å². The van der Waals surface area contributed by atoms with E-state index in [1.807, 2.05) is 30.3 Å². The first-order valence-corrected chi connectivity index (χ1v) is 5.59. The van der Waals surface area contributed by atoms with Gasteiger partial charge in [-0.3, -0.25) is 4.98 Å². The van der Waals surface area contributed by atoms with Gasteiger partial charge in [-0.2, -0.15) is 0 Å². The first-order chi connectivity index (χ1) is 8.31. The number of aromatic nitrogens is 1. The molecule has 0 saturated carbocycles. The number of rotatable bonds is 4. The number of aliphatic hydroxyl groups excluding tert-OH is 1. The summed E-state index contributed by atoms with van der Waals surface area (Å²) < 4.78 is 5.56. The van der Waals surface area contributed by atoms with Gasteiger partial charge in [-0.25, -0.2) is 0 Å². The Balaban J connectivity index is 2.09. The largest absolute Gasteiger partial charge is 0.486 e. The summed E-state index contributed by atoms with van der Waals surface area (Å²) in [7, 11) is 0. The molecule has 0 fully saturated rings. The zero-order valence-corrected chi connectivity index (χ0v) is 9.89. The fourth-order valence-electron chi connectivity index (χ4n) is 1.41. The Morgan fingerprint density at radius 2 is 1.94 bits per heavy atom. The lowest BCUT2D eigenvalue weighted by Gasteiger charge is -2.09. The number of pyridine rings is 1. The molecule has 0 aliphatic rings. The molecule has 1 aromatic heterocycles. The van der Waals surface area contributed by atoms with Crippen molar-refractivity contribution in [1.29, 1.82) is 0 Å². The van der Waals surface area contributed by atoms with Crippen molar-refractivity contribution in [3.63, 3.8) is 0 Å². The summed E-state index contributed by atoms with van der Waals surface area (Å²) in [5, 5.41) is 9.46. The van der Waals surface area contributed by atoms with Crippen LogP contribution in [0.25, 0.3) is 0 Å². The molecule has 2 aromatic rings. The predicted octanol–water partition coefficient (Wildman–Crippen LogP) is 2.81. The number of hydrogen-bond acceptors (Lipinski definition) is 3. The number of ether oxygens (including phenoxy) is 1. The van der Waals surface area contributed by atoms with Crippen LogP contribution in [-0.2, 0) is 13.2 Å². The molecular formula is C13H12ClNO2. The molecule has 0 saturated heterocycles. The highest BCUT2D eigenvalue weighted by Gasteiger charge is 2.07. The van der Waals surface area contributed by atoms with Gasteiger partial charge in [0.1, 0.15) is 6.61 Å². The van der Waals surface area contributed by atoms with E-state index < -0.39 is 0 Å². The van der Waals surface area contributed by atoms with Gasteiger partial charge in [0.25, 0.3) is 0 Å². The average molecular weight is 250 g/mol. The third-order valence-electron chi connectivity index (χ3n) is 2.33. The van der Waals surface area contributed by atoms with Crippen LogP contribution in [0.3, 0.4) is 0 Å². The SMILES string of the molecule is OCc1cncc(OCc2ccccc2)c1Cl. The molecule has 1 heterocycles. The van der Waals surface area contributed by atoms with Gasteiger partial charge in [-0.1, -0.05) is 41.9 Å². The van der Waals surface area contributed by atoms with Crippen LogP contribution in [0.4, 0.5) is 0 Å². The fourth-order valence-corrected chi connectivity index (χ4v) is 1.62. The normalized spacial score (nSPS) is 10.2. The fraction of sp³-hybridized carbons (Fsp3) is 0.154. The molecule has 0 amide bonds. The summed E-state index contributed by atoms with van der Waals surface area (Å²) in [5.74, 6) is 0.488. The maximum absolute atomic E-state index is 9.05. The van der Waals surface area contributed by atoms with Crippen LogP contribution < -0.4 is 4.74 Å². The quantitative estimate of drug-likeness (QED) is 0.906. The number of halogens is 1. The molecule has 1 N–H and O–H groups in total. The molecule has 0 bridgehead atoms. The number of aliphatic hydroxyl groups is 1. The standard InChI is InChI=1S/C13H12ClNO2/c14-13-11(8-16)6-15-7-12(13)17-9-10-4-2-1-3-5-10/h1-7,16H,8-9H2. The molecule has 0 aliphatic carbocycles. The molecule has 4 heteroatoms. The summed E-state index contributed by atoms with van der Waals surface area (Å²) in [6, 6.07) is 9.78. The number of hydrogen-bond donors (Lipinski definition) is 1. The molecule has 0 radical (unpaired) electrons. The molecule has 0 unspecified atom stereocenters. The first-order valence-electron chi connectivity index (χ1n) is 5.21. The van der Waals surface area contributed by atoms with Crippen molar-refractivity contribution in [2.75, 3.05) is 0 Å². The van der Waals surface area contributed by atoms with E-state index in [1.165, 1.54) is 6.20 Å². The highest BCUT2D eigenvalue weighted by Crippen LogP contribution is 2.27. The Bertz CT molecular complexity index is 488. The molecule has 2 rings (SSSR count).